The van der Waals surface area contributed by atoms with E-state index < -0.39 is 0 Å². The van der Waals surface area contributed by atoms with Gasteiger partial charge < -0.3 is 14.4 Å². The van der Waals surface area contributed by atoms with Gasteiger partial charge in [0, 0.05) is 32.7 Å². The van der Waals surface area contributed by atoms with E-state index in [1.165, 1.54) is 19.5 Å². The van der Waals surface area contributed by atoms with Crippen molar-refractivity contribution in [2.45, 2.75) is 39.9 Å². The predicted octanol–water partition coefficient (Wildman–Crippen LogP) is 2.12. The first kappa shape index (κ1) is 12.9. The van der Waals surface area contributed by atoms with Crippen molar-refractivity contribution in [1.29, 1.82) is 0 Å². The highest BCUT2D eigenvalue weighted by Gasteiger charge is 2.19. The van der Waals surface area contributed by atoms with Gasteiger partial charge in [0.25, 0.3) is 0 Å². The van der Waals surface area contributed by atoms with E-state index in [9.17, 15) is 0 Å². The predicted molar refractivity (Wildman–Crippen MR) is 61.9 cm³/mol. The fourth-order valence-electron chi connectivity index (χ4n) is 2.10. The van der Waals surface area contributed by atoms with Gasteiger partial charge in [-0.15, -0.1) is 0 Å². The lowest BCUT2D eigenvalue weighted by molar-refractivity contribution is -0.141. The first-order valence-electron chi connectivity index (χ1n) is 6.21. The zero-order valence-corrected chi connectivity index (χ0v) is 10.4. The third-order valence-corrected chi connectivity index (χ3v) is 2.89. The quantitative estimate of drug-likeness (QED) is 0.607. The average molecular weight is 215 g/mol. The molecule has 3 nitrogen and oxygen atoms in total. The number of rotatable bonds is 7. The smallest absolute Gasteiger partial charge is 0.158 e. The molecule has 3 heteroatoms. The van der Waals surface area contributed by atoms with E-state index >= 15 is 0 Å². The molecule has 0 aromatic rings. The Bertz CT molecular complexity index is 158. The van der Waals surface area contributed by atoms with Crippen LogP contribution in [-0.4, -0.2) is 44.0 Å². The maximum atomic E-state index is 5.52. The molecule has 1 aliphatic heterocycles. The van der Waals surface area contributed by atoms with Crippen LogP contribution in [0.2, 0.25) is 0 Å². The van der Waals surface area contributed by atoms with E-state index in [1.54, 1.807) is 0 Å². The van der Waals surface area contributed by atoms with Crippen molar-refractivity contribution in [2.75, 3.05) is 32.8 Å². The SMILES string of the molecule is CCOC(CCN1CCC(C)C1)OCC. The summed E-state index contributed by atoms with van der Waals surface area (Å²) in [5.74, 6) is 0.864. The van der Waals surface area contributed by atoms with Crippen LogP contribution in [0.5, 0.6) is 0 Å². The van der Waals surface area contributed by atoms with Gasteiger partial charge in [-0.25, -0.2) is 0 Å². The Hall–Kier alpha value is -0.120. The molecule has 0 N–H and O–H groups in total. The number of nitrogens with zero attached hydrogens (tertiary/aromatic N) is 1. The molecular weight excluding hydrogens is 190 g/mol. The summed E-state index contributed by atoms with van der Waals surface area (Å²) in [6.45, 7) is 11.4. The summed E-state index contributed by atoms with van der Waals surface area (Å²) in [5, 5.41) is 0. The summed E-state index contributed by atoms with van der Waals surface area (Å²) in [6, 6.07) is 0. The lowest BCUT2D eigenvalue weighted by Crippen LogP contribution is -2.27. The van der Waals surface area contributed by atoms with Crippen LogP contribution < -0.4 is 0 Å². The molecule has 1 fully saturated rings. The van der Waals surface area contributed by atoms with E-state index in [0.717, 1.165) is 32.1 Å². The molecule has 1 saturated heterocycles. The normalized spacial score (nSPS) is 22.8. The standard InChI is InChI=1S/C12H25NO2/c1-4-14-12(15-5-2)7-9-13-8-6-11(3)10-13/h11-12H,4-10H2,1-3H3. The highest BCUT2D eigenvalue weighted by atomic mass is 16.7. The third kappa shape index (κ3) is 4.96. The van der Waals surface area contributed by atoms with Crippen LogP contribution in [0.4, 0.5) is 0 Å². The molecule has 0 aliphatic carbocycles. The highest BCUT2D eigenvalue weighted by molar-refractivity contribution is 4.72. The van der Waals surface area contributed by atoms with Crippen LogP contribution in [0.3, 0.4) is 0 Å². The van der Waals surface area contributed by atoms with Crippen molar-refractivity contribution in [2.24, 2.45) is 5.92 Å². The van der Waals surface area contributed by atoms with Gasteiger partial charge in [0.15, 0.2) is 6.29 Å². The molecule has 1 unspecified atom stereocenters. The molecule has 15 heavy (non-hydrogen) atoms. The van der Waals surface area contributed by atoms with Crippen LogP contribution in [-0.2, 0) is 9.47 Å². The Kier molecular flexibility index (Phi) is 6.22. The van der Waals surface area contributed by atoms with E-state index in [-0.39, 0.29) is 6.29 Å². The third-order valence-electron chi connectivity index (χ3n) is 2.89. The molecular formula is C12H25NO2. The molecule has 1 atom stereocenters. The molecule has 1 rings (SSSR count). The monoisotopic (exact) mass is 215 g/mol. The zero-order chi connectivity index (χ0) is 11.1. The van der Waals surface area contributed by atoms with Crippen molar-refractivity contribution in [3.8, 4) is 0 Å². The fourth-order valence-corrected chi connectivity index (χ4v) is 2.10. The number of likely N-dealkylation sites (tertiary alicyclic amines) is 1. The highest BCUT2D eigenvalue weighted by Crippen LogP contribution is 2.15. The molecule has 0 aromatic heterocycles. The van der Waals surface area contributed by atoms with Crippen LogP contribution in [0.1, 0.15) is 33.6 Å². The van der Waals surface area contributed by atoms with E-state index in [0.29, 0.717) is 0 Å². The zero-order valence-electron chi connectivity index (χ0n) is 10.4. The Morgan fingerprint density at radius 1 is 1.27 bits per heavy atom. The molecule has 0 saturated carbocycles. The molecule has 0 amide bonds. The molecule has 90 valence electrons. The minimum Gasteiger partial charge on any atom is -0.353 e. The second kappa shape index (κ2) is 7.20. The largest absolute Gasteiger partial charge is 0.353 e. The molecule has 0 spiro atoms. The van der Waals surface area contributed by atoms with Gasteiger partial charge in [-0.2, -0.15) is 0 Å². The lowest BCUT2D eigenvalue weighted by Gasteiger charge is -2.21. The van der Waals surface area contributed by atoms with Gasteiger partial charge in [0.1, 0.15) is 0 Å². The molecule has 1 heterocycles. The summed E-state index contributed by atoms with van der Waals surface area (Å²) in [7, 11) is 0. The van der Waals surface area contributed by atoms with Gasteiger partial charge >= 0.3 is 0 Å². The van der Waals surface area contributed by atoms with Crippen LogP contribution in [0, 0.1) is 5.92 Å². The maximum Gasteiger partial charge on any atom is 0.158 e. The Morgan fingerprint density at radius 2 is 1.93 bits per heavy atom. The topological polar surface area (TPSA) is 21.7 Å². The summed E-state index contributed by atoms with van der Waals surface area (Å²) < 4.78 is 11.0. The number of hydrogen-bond donors (Lipinski definition) is 0. The van der Waals surface area contributed by atoms with Crippen molar-refractivity contribution in [3.63, 3.8) is 0 Å². The van der Waals surface area contributed by atoms with Gasteiger partial charge in [-0.3, -0.25) is 0 Å². The fraction of sp³-hybridized carbons (Fsp3) is 1.00. The Balaban J connectivity index is 2.15. The first-order chi connectivity index (χ1) is 7.26. The minimum atomic E-state index is -0.00379. The molecule has 0 aromatic carbocycles. The van der Waals surface area contributed by atoms with Crippen LogP contribution in [0.15, 0.2) is 0 Å². The van der Waals surface area contributed by atoms with Crippen LogP contribution >= 0.6 is 0 Å². The summed E-state index contributed by atoms with van der Waals surface area (Å²) in [5.41, 5.74) is 0. The summed E-state index contributed by atoms with van der Waals surface area (Å²) >= 11 is 0. The van der Waals surface area contributed by atoms with Crippen molar-refractivity contribution >= 4 is 0 Å². The van der Waals surface area contributed by atoms with E-state index in [1.807, 2.05) is 13.8 Å². The first-order valence-corrected chi connectivity index (χ1v) is 6.21. The average Bonchev–Trinajstić information content (AvgIpc) is 2.61. The Morgan fingerprint density at radius 3 is 2.40 bits per heavy atom. The summed E-state index contributed by atoms with van der Waals surface area (Å²) in [4.78, 5) is 2.51. The van der Waals surface area contributed by atoms with Crippen molar-refractivity contribution in [3.05, 3.63) is 0 Å². The van der Waals surface area contributed by atoms with Gasteiger partial charge in [-0.05, 0) is 32.7 Å². The lowest BCUT2D eigenvalue weighted by atomic mass is 10.2. The number of ether oxygens (including phenoxy) is 2. The molecule has 0 bridgehead atoms. The Labute approximate surface area is 93.7 Å². The van der Waals surface area contributed by atoms with Gasteiger partial charge in [-0.1, -0.05) is 6.92 Å². The minimum absolute atomic E-state index is 0.00379. The summed E-state index contributed by atoms with van der Waals surface area (Å²) in [6.07, 6.45) is 2.33. The second-order valence-electron chi connectivity index (χ2n) is 4.32. The molecule has 1 aliphatic rings. The van der Waals surface area contributed by atoms with E-state index in [4.69, 9.17) is 9.47 Å². The maximum absolute atomic E-state index is 5.52. The van der Waals surface area contributed by atoms with Crippen molar-refractivity contribution < 1.29 is 9.47 Å². The van der Waals surface area contributed by atoms with Crippen molar-refractivity contribution in [1.82, 2.24) is 4.90 Å². The molecule has 0 radical (unpaired) electrons. The van der Waals surface area contributed by atoms with Crippen LogP contribution in [0.25, 0.3) is 0 Å². The second-order valence-corrected chi connectivity index (χ2v) is 4.32. The van der Waals surface area contributed by atoms with E-state index in [2.05, 4.69) is 11.8 Å². The van der Waals surface area contributed by atoms with Gasteiger partial charge in [0.2, 0.25) is 0 Å². The van der Waals surface area contributed by atoms with Gasteiger partial charge in [0.05, 0.1) is 0 Å². The number of hydrogen-bond acceptors (Lipinski definition) is 3.